The molecule has 7 heteroatoms. The molecule has 0 fully saturated rings. The average Bonchev–Trinajstić information content (AvgIpc) is 3.01. The molecule has 6 nitrogen and oxygen atoms in total. The molecular formula is C20H19NO5S. The summed E-state index contributed by atoms with van der Waals surface area (Å²) in [4.78, 5) is 15.6. The van der Waals surface area contributed by atoms with Gasteiger partial charge in [-0.3, -0.25) is 0 Å². The van der Waals surface area contributed by atoms with Gasteiger partial charge in [-0.05, 0) is 49.2 Å². The van der Waals surface area contributed by atoms with Crippen LogP contribution in [0.15, 0.2) is 57.8 Å². The Labute approximate surface area is 157 Å². The number of aryl methyl sites for hydroxylation is 2. The van der Waals surface area contributed by atoms with Crippen LogP contribution < -0.4 is 0 Å². The molecular weight excluding hydrogens is 366 g/mol. The fourth-order valence-electron chi connectivity index (χ4n) is 2.80. The van der Waals surface area contributed by atoms with Crippen molar-refractivity contribution < 1.29 is 22.7 Å². The SMILES string of the molecule is CCc1ccccc1S(=O)(=O)Cc1nc(-c2ccc(C(=O)O)cc2)oc1C. The van der Waals surface area contributed by atoms with Crippen molar-refractivity contribution in [1.82, 2.24) is 4.98 Å². The van der Waals surface area contributed by atoms with Crippen molar-refractivity contribution in [2.24, 2.45) is 0 Å². The van der Waals surface area contributed by atoms with E-state index in [0.29, 0.717) is 28.3 Å². The molecule has 3 rings (SSSR count). The number of oxazole rings is 1. The highest BCUT2D eigenvalue weighted by molar-refractivity contribution is 7.90. The zero-order valence-corrected chi connectivity index (χ0v) is 15.8. The predicted molar refractivity (Wildman–Crippen MR) is 100 cm³/mol. The van der Waals surface area contributed by atoms with Gasteiger partial charge in [0.1, 0.15) is 11.5 Å². The first-order chi connectivity index (χ1) is 12.8. The lowest BCUT2D eigenvalue weighted by molar-refractivity contribution is 0.0697. The number of benzene rings is 2. The summed E-state index contributed by atoms with van der Waals surface area (Å²) in [5.74, 6) is -0.596. The third-order valence-corrected chi connectivity index (χ3v) is 6.01. The molecule has 1 heterocycles. The maximum atomic E-state index is 12.9. The molecule has 1 N–H and O–H groups in total. The molecule has 0 aliphatic heterocycles. The molecule has 0 unspecified atom stereocenters. The van der Waals surface area contributed by atoms with Crippen LogP contribution in [0.25, 0.3) is 11.5 Å². The molecule has 27 heavy (non-hydrogen) atoms. The Bertz CT molecular complexity index is 1080. The van der Waals surface area contributed by atoms with Gasteiger partial charge in [-0.1, -0.05) is 25.1 Å². The lowest BCUT2D eigenvalue weighted by atomic mass is 10.1. The van der Waals surface area contributed by atoms with Crippen LogP contribution in [0.5, 0.6) is 0 Å². The second-order valence-corrected chi connectivity index (χ2v) is 8.08. The Morgan fingerprint density at radius 2 is 1.78 bits per heavy atom. The first-order valence-electron chi connectivity index (χ1n) is 8.42. The highest BCUT2D eigenvalue weighted by Crippen LogP contribution is 2.26. The molecule has 140 valence electrons. The van der Waals surface area contributed by atoms with Crippen molar-refractivity contribution in [3.8, 4) is 11.5 Å². The highest BCUT2D eigenvalue weighted by atomic mass is 32.2. The second-order valence-electron chi connectivity index (χ2n) is 6.12. The van der Waals surface area contributed by atoms with Gasteiger partial charge < -0.3 is 9.52 Å². The van der Waals surface area contributed by atoms with Gasteiger partial charge in [0, 0.05) is 5.56 Å². The van der Waals surface area contributed by atoms with E-state index in [1.165, 1.54) is 12.1 Å². The summed E-state index contributed by atoms with van der Waals surface area (Å²) in [5, 5.41) is 8.97. The van der Waals surface area contributed by atoms with Crippen LogP contribution in [-0.4, -0.2) is 24.5 Å². The summed E-state index contributed by atoms with van der Waals surface area (Å²) < 4.78 is 31.3. The van der Waals surface area contributed by atoms with E-state index in [4.69, 9.17) is 9.52 Å². The van der Waals surface area contributed by atoms with Crippen molar-refractivity contribution in [3.05, 3.63) is 71.1 Å². The van der Waals surface area contributed by atoms with Crippen LogP contribution in [0.3, 0.4) is 0 Å². The largest absolute Gasteiger partial charge is 0.478 e. The summed E-state index contributed by atoms with van der Waals surface area (Å²) in [5.41, 5.74) is 1.85. The maximum Gasteiger partial charge on any atom is 0.335 e. The zero-order chi connectivity index (χ0) is 19.6. The quantitative estimate of drug-likeness (QED) is 0.691. The van der Waals surface area contributed by atoms with Crippen LogP contribution in [0.1, 0.15) is 34.3 Å². The fourth-order valence-corrected chi connectivity index (χ4v) is 4.48. The smallest absolute Gasteiger partial charge is 0.335 e. The van der Waals surface area contributed by atoms with E-state index in [-0.39, 0.29) is 17.2 Å². The standard InChI is InChI=1S/C20H19NO5S/c1-3-14-6-4-5-7-18(14)27(24,25)12-17-13(2)26-19(21-17)15-8-10-16(11-9-15)20(22)23/h4-11H,3,12H2,1-2H3,(H,22,23). The number of carboxylic acids is 1. The Morgan fingerprint density at radius 3 is 2.41 bits per heavy atom. The van der Waals surface area contributed by atoms with Gasteiger partial charge in [0.2, 0.25) is 5.89 Å². The minimum absolute atomic E-state index is 0.154. The Kier molecular flexibility index (Phi) is 5.14. The van der Waals surface area contributed by atoms with Gasteiger partial charge in [0.15, 0.2) is 9.84 Å². The Hall–Kier alpha value is -2.93. The summed E-state index contributed by atoms with van der Waals surface area (Å²) >= 11 is 0. The van der Waals surface area contributed by atoms with Crippen molar-refractivity contribution in [2.75, 3.05) is 0 Å². The normalized spacial score (nSPS) is 11.5. The maximum absolute atomic E-state index is 12.9. The molecule has 0 aliphatic rings. The number of rotatable bonds is 6. The van der Waals surface area contributed by atoms with Crippen molar-refractivity contribution in [3.63, 3.8) is 0 Å². The summed E-state index contributed by atoms with van der Waals surface area (Å²) in [7, 11) is -3.57. The van der Waals surface area contributed by atoms with Crippen LogP contribution in [-0.2, 0) is 22.0 Å². The van der Waals surface area contributed by atoms with Crippen LogP contribution in [0.4, 0.5) is 0 Å². The number of aromatic carboxylic acids is 1. The first kappa shape index (κ1) is 18.8. The molecule has 1 aromatic heterocycles. The Morgan fingerprint density at radius 1 is 1.11 bits per heavy atom. The fraction of sp³-hybridized carbons (Fsp3) is 0.200. The van der Waals surface area contributed by atoms with E-state index in [2.05, 4.69) is 4.98 Å². The van der Waals surface area contributed by atoms with Crippen molar-refractivity contribution in [2.45, 2.75) is 30.9 Å². The molecule has 0 saturated heterocycles. The summed E-state index contributed by atoms with van der Waals surface area (Å²) in [6, 6.07) is 13.0. The average molecular weight is 385 g/mol. The van der Waals surface area contributed by atoms with Crippen LogP contribution in [0.2, 0.25) is 0 Å². The number of carbonyl (C=O) groups is 1. The van der Waals surface area contributed by atoms with Crippen LogP contribution in [0, 0.1) is 6.92 Å². The lowest BCUT2D eigenvalue weighted by Crippen LogP contribution is -2.08. The van der Waals surface area contributed by atoms with E-state index in [1.54, 1.807) is 37.3 Å². The molecule has 0 aliphatic carbocycles. The van der Waals surface area contributed by atoms with Crippen molar-refractivity contribution >= 4 is 15.8 Å². The molecule has 0 saturated carbocycles. The number of sulfone groups is 1. The first-order valence-corrected chi connectivity index (χ1v) is 10.1. The van der Waals surface area contributed by atoms with Gasteiger partial charge >= 0.3 is 5.97 Å². The second kappa shape index (κ2) is 7.36. The third kappa shape index (κ3) is 3.93. The highest BCUT2D eigenvalue weighted by Gasteiger charge is 2.23. The minimum Gasteiger partial charge on any atom is -0.478 e. The van der Waals surface area contributed by atoms with Gasteiger partial charge in [-0.2, -0.15) is 0 Å². The number of nitrogens with zero attached hydrogens (tertiary/aromatic N) is 1. The zero-order valence-electron chi connectivity index (χ0n) is 15.0. The van der Waals surface area contributed by atoms with E-state index < -0.39 is 15.8 Å². The van der Waals surface area contributed by atoms with E-state index in [1.807, 2.05) is 13.0 Å². The monoisotopic (exact) mass is 385 g/mol. The van der Waals surface area contributed by atoms with Gasteiger partial charge in [-0.15, -0.1) is 0 Å². The number of hydrogen-bond donors (Lipinski definition) is 1. The Balaban J connectivity index is 1.91. The molecule has 0 bridgehead atoms. The molecule has 3 aromatic rings. The van der Waals surface area contributed by atoms with Crippen LogP contribution >= 0.6 is 0 Å². The van der Waals surface area contributed by atoms with Gasteiger partial charge in [0.05, 0.1) is 16.2 Å². The van der Waals surface area contributed by atoms with E-state index >= 15 is 0 Å². The topological polar surface area (TPSA) is 97.5 Å². The number of hydrogen-bond acceptors (Lipinski definition) is 5. The summed E-state index contributed by atoms with van der Waals surface area (Å²) in [6.45, 7) is 3.58. The molecule has 0 radical (unpaired) electrons. The van der Waals surface area contributed by atoms with E-state index in [0.717, 1.165) is 5.56 Å². The minimum atomic E-state index is -3.57. The molecule has 2 aromatic carbocycles. The molecule has 0 amide bonds. The number of aromatic nitrogens is 1. The third-order valence-electron chi connectivity index (χ3n) is 4.29. The van der Waals surface area contributed by atoms with E-state index in [9.17, 15) is 13.2 Å². The van der Waals surface area contributed by atoms with Gasteiger partial charge in [-0.25, -0.2) is 18.2 Å². The van der Waals surface area contributed by atoms with Crippen molar-refractivity contribution in [1.29, 1.82) is 0 Å². The summed E-state index contributed by atoms with van der Waals surface area (Å²) in [6.07, 6.45) is 0.619. The lowest BCUT2D eigenvalue weighted by Gasteiger charge is -2.08. The molecule has 0 spiro atoms. The number of carboxylic acid groups (broad SMARTS) is 1. The van der Waals surface area contributed by atoms with Gasteiger partial charge in [0.25, 0.3) is 0 Å². The molecule has 0 atom stereocenters. The predicted octanol–water partition coefficient (Wildman–Crippen LogP) is 3.88.